The fraction of sp³-hybridized carbons (Fsp3) is 0.417. The number of hydrogen-bond donors (Lipinski definition) is 0. The zero-order valence-corrected chi connectivity index (χ0v) is 16.4. The van der Waals surface area contributed by atoms with Crippen molar-refractivity contribution in [2.45, 2.75) is 51.1 Å². The average Bonchev–Trinajstić information content (AvgIpc) is 2.67. The summed E-state index contributed by atoms with van der Waals surface area (Å²) in [5.41, 5.74) is 2.29. The molecule has 0 radical (unpaired) electrons. The van der Waals surface area contributed by atoms with Gasteiger partial charge in [-0.2, -0.15) is 0 Å². The van der Waals surface area contributed by atoms with E-state index in [0.717, 1.165) is 11.6 Å². The van der Waals surface area contributed by atoms with Gasteiger partial charge in [0.1, 0.15) is 0 Å². The molecule has 0 spiro atoms. The lowest BCUT2D eigenvalue weighted by Gasteiger charge is -2.26. The molecule has 0 heterocycles. The Bertz CT molecular complexity index is 635. The van der Waals surface area contributed by atoms with Crippen LogP contribution in [0.1, 0.15) is 45.4 Å². The Labute approximate surface area is 155 Å². The first-order chi connectivity index (χ1) is 12.3. The highest BCUT2D eigenvalue weighted by atomic mass is 31.1. The van der Waals surface area contributed by atoms with Crippen LogP contribution in [0.3, 0.4) is 0 Å². The van der Waals surface area contributed by atoms with Gasteiger partial charge in [-0.25, -0.2) is 0 Å². The van der Waals surface area contributed by atoms with E-state index in [9.17, 15) is 0 Å². The lowest BCUT2D eigenvalue weighted by Crippen LogP contribution is -2.14. The summed E-state index contributed by atoms with van der Waals surface area (Å²) in [4.78, 5) is 0. The highest BCUT2D eigenvalue weighted by molar-refractivity contribution is 7.66. The summed E-state index contributed by atoms with van der Waals surface area (Å²) in [6.45, 7) is 2.30. The molecular weight excluding hydrogens is 319 g/mol. The minimum Gasteiger partial charge on any atom is -0.0836 e. The second-order valence-corrected chi connectivity index (χ2v) is 9.87. The summed E-state index contributed by atoms with van der Waals surface area (Å²) >= 11 is 0. The maximum absolute atomic E-state index is 2.45. The molecule has 0 saturated carbocycles. The van der Waals surface area contributed by atoms with Crippen LogP contribution in [0.5, 0.6) is 0 Å². The van der Waals surface area contributed by atoms with Crippen LogP contribution in [-0.2, 0) is 0 Å². The fourth-order valence-corrected chi connectivity index (χ4v) is 6.43. The van der Waals surface area contributed by atoms with Gasteiger partial charge in [-0.3, -0.25) is 0 Å². The Morgan fingerprint density at radius 1 is 0.960 bits per heavy atom. The molecule has 25 heavy (non-hydrogen) atoms. The molecule has 1 aromatic carbocycles. The maximum Gasteiger partial charge on any atom is 0.00483 e. The average molecular weight is 350 g/mol. The Morgan fingerprint density at radius 3 is 2.56 bits per heavy atom. The minimum absolute atomic E-state index is 0.0777. The first kappa shape index (κ1) is 18.4. The molecule has 0 aromatic heterocycles. The number of benzene rings is 1. The molecule has 1 aromatic rings. The third-order valence-corrected chi connectivity index (χ3v) is 8.14. The minimum atomic E-state index is -0.0777. The van der Waals surface area contributed by atoms with E-state index in [4.69, 9.17) is 0 Å². The van der Waals surface area contributed by atoms with Crippen LogP contribution in [0.25, 0.3) is 0 Å². The first-order valence-electron chi connectivity index (χ1n) is 9.85. The lowest BCUT2D eigenvalue weighted by atomic mass is 9.95. The first-order valence-corrected chi connectivity index (χ1v) is 11.4. The summed E-state index contributed by atoms with van der Waals surface area (Å²) in [6, 6.07) is 11.2. The number of unbranched alkanes of at least 4 members (excludes halogenated alkanes) is 2. The fourth-order valence-electron chi connectivity index (χ4n) is 3.65. The van der Waals surface area contributed by atoms with Crippen molar-refractivity contribution in [3.05, 3.63) is 78.4 Å². The van der Waals surface area contributed by atoms with E-state index in [0.29, 0.717) is 0 Å². The third kappa shape index (κ3) is 5.82. The molecule has 3 atom stereocenters. The van der Waals surface area contributed by atoms with Gasteiger partial charge in [0, 0.05) is 5.66 Å². The van der Waals surface area contributed by atoms with Crippen molar-refractivity contribution in [1.29, 1.82) is 0 Å². The van der Waals surface area contributed by atoms with Gasteiger partial charge in [-0.15, -0.1) is 0 Å². The van der Waals surface area contributed by atoms with Crippen LogP contribution < -0.4 is 5.30 Å². The second-order valence-electron chi connectivity index (χ2n) is 7.31. The van der Waals surface area contributed by atoms with Gasteiger partial charge in [0.05, 0.1) is 0 Å². The molecule has 0 saturated heterocycles. The van der Waals surface area contributed by atoms with E-state index in [1.807, 2.05) is 0 Å². The largest absolute Gasteiger partial charge is 0.0836 e. The van der Waals surface area contributed by atoms with Crippen molar-refractivity contribution in [1.82, 2.24) is 0 Å². The summed E-state index contributed by atoms with van der Waals surface area (Å²) in [6.07, 6.45) is 25.5. The Hall–Kier alpha value is -1.39. The molecule has 0 bridgehead atoms. The molecule has 1 heteroatoms. The van der Waals surface area contributed by atoms with Crippen LogP contribution in [0.2, 0.25) is 0 Å². The highest BCUT2D eigenvalue weighted by Gasteiger charge is 2.20. The smallest absolute Gasteiger partial charge is 0.00483 e. The maximum atomic E-state index is 2.45. The van der Waals surface area contributed by atoms with Crippen molar-refractivity contribution >= 4 is 13.2 Å². The van der Waals surface area contributed by atoms with Crippen LogP contribution in [0.15, 0.2) is 78.4 Å². The van der Waals surface area contributed by atoms with Gasteiger partial charge in [-0.05, 0) is 49.5 Å². The predicted octanol–water partition coefficient (Wildman–Crippen LogP) is 6.76. The van der Waals surface area contributed by atoms with Crippen molar-refractivity contribution < 1.29 is 0 Å². The van der Waals surface area contributed by atoms with Crippen molar-refractivity contribution in [3.63, 3.8) is 0 Å². The van der Waals surface area contributed by atoms with Crippen molar-refractivity contribution in [3.8, 4) is 0 Å². The second kappa shape index (κ2) is 9.93. The van der Waals surface area contributed by atoms with Gasteiger partial charge in [0.15, 0.2) is 0 Å². The molecular formula is C24H31P. The van der Waals surface area contributed by atoms with Gasteiger partial charge in [0.25, 0.3) is 0 Å². The van der Waals surface area contributed by atoms with Crippen molar-refractivity contribution in [2.24, 2.45) is 5.92 Å². The normalized spacial score (nSPS) is 23.5. The highest BCUT2D eigenvalue weighted by Crippen LogP contribution is 2.44. The summed E-state index contributed by atoms with van der Waals surface area (Å²) in [5.74, 6) is 0.732. The quantitative estimate of drug-likeness (QED) is 0.359. The molecule has 132 valence electrons. The Kier molecular flexibility index (Phi) is 7.31. The van der Waals surface area contributed by atoms with Crippen LogP contribution >= 0.6 is 7.92 Å². The molecule has 3 rings (SSSR count). The SMILES string of the molecule is CC1C=CC(CCCCCP(c2ccccc2)C2C=CC=CC2)=CC1. The Morgan fingerprint density at radius 2 is 1.84 bits per heavy atom. The van der Waals surface area contributed by atoms with Gasteiger partial charge < -0.3 is 0 Å². The summed E-state index contributed by atoms with van der Waals surface area (Å²) in [5, 5.41) is 1.58. The van der Waals surface area contributed by atoms with Gasteiger partial charge in [-0.1, -0.05) is 99.7 Å². The molecule has 0 amide bonds. The summed E-state index contributed by atoms with van der Waals surface area (Å²) < 4.78 is 0. The topological polar surface area (TPSA) is 0 Å². The molecule has 2 aliphatic rings. The molecule has 0 fully saturated rings. The zero-order valence-electron chi connectivity index (χ0n) is 15.5. The van der Waals surface area contributed by atoms with E-state index >= 15 is 0 Å². The predicted molar refractivity (Wildman–Crippen MR) is 114 cm³/mol. The molecule has 3 unspecified atom stereocenters. The van der Waals surface area contributed by atoms with E-state index in [-0.39, 0.29) is 7.92 Å². The molecule has 0 aliphatic heterocycles. The van der Waals surface area contributed by atoms with E-state index in [1.54, 1.807) is 10.9 Å². The van der Waals surface area contributed by atoms with Crippen LogP contribution in [0.4, 0.5) is 0 Å². The molecule has 0 nitrogen and oxygen atoms in total. The standard InChI is InChI=1S/C24H31P/c1-21-16-18-22(19-17-21)11-5-4-10-20-25(23-12-6-2-7-13-23)24-14-8-3-9-15-24/h2-3,6-9,12-14,16,18-19,21,24H,4-5,10-11,15,17,20H2,1H3. The molecule has 0 N–H and O–H groups in total. The van der Waals surface area contributed by atoms with Crippen LogP contribution in [0, 0.1) is 5.92 Å². The van der Waals surface area contributed by atoms with E-state index in [2.05, 4.69) is 79.8 Å². The Balaban J connectivity index is 1.47. The number of allylic oxidation sites excluding steroid dienone is 8. The van der Waals surface area contributed by atoms with Crippen molar-refractivity contribution in [2.75, 3.05) is 6.16 Å². The molecule has 2 aliphatic carbocycles. The summed E-state index contributed by atoms with van der Waals surface area (Å²) in [7, 11) is -0.0777. The van der Waals surface area contributed by atoms with Crippen LogP contribution in [-0.4, -0.2) is 11.8 Å². The van der Waals surface area contributed by atoms with Gasteiger partial charge >= 0.3 is 0 Å². The zero-order chi connectivity index (χ0) is 17.3. The van der Waals surface area contributed by atoms with E-state index in [1.165, 1.54) is 44.7 Å². The lowest BCUT2D eigenvalue weighted by molar-refractivity contribution is 0.694. The van der Waals surface area contributed by atoms with Gasteiger partial charge in [0.2, 0.25) is 0 Å². The number of rotatable bonds is 8. The van der Waals surface area contributed by atoms with E-state index < -0.39 is 0 Å². The third-order valence-electron chi connectivity index (χ3n) is 5.20. The monoisotopic (exact) mass is 350 g/mol. The number of hydrogen-bond acceptors (Lipinski definition) is 0.